The van der Waals surface area contributed by atoms with Crippen molar-refractivity contribution in [2.45, 2.75) is 0 Å². The van der Waals surface area contributed by atoms with E-state index in [9.17, 15) is 9.59 Å². The van der Waals surface area contributed by atoms with Crippen molar-refractivity contribution in [1.82, 2.24) is 5.32 Å². The zero-order valence-corrected chi connectivity index (χ0v) is 9.92. The number of nitrogens with one attached hydrogen (secondary N) is 1. The van der Waals surface area contributed by atoms with Gasteiger partial charge >= 0.3 is 71.2 Å². The third-order valence-electron chi connectivity index (χ3n) is 0.391. The average molecular weight is 167 g/mol. The predicted molar refractivity (Wildman–Crippen MR) is 25.9 cm³/mol. The zero-order valence-electron chi connectivity index (χ0n) is 7.92. The first-order valence-electron chi connectivity index (χ1n) is 1.81. The van der Waals surface area contributed by atoms with E-state index in [1.807, 2.05) is 0 Å². The molecule has 0 saturated heterocycles. The third kappa shape index (κ3) is 15.9. The molecule has 0 aromatic carbocycles. The van der Waals surface area contributed by atoms with Crippen molar-refractivity contribution in [2.24, 2.45) is 0 Å². The normalized spacial score (nSPS) is 6.40. The van der Waals surface area contributed by atoms with Crippen LogP contribution in [0.25, 0.3) is 0 Å². The molecule has 0 saturated carbocycles. The maximum Gasteiger partial charge on any atom is 1.00 e. The summed E-state index contributed by atoms with van der Waals surface area (Å²) < 4.78 is 0. The molecule has 0 unspecified atom stereocenters. The summed E-state index contributed by atoms with van der Waals surface area (Å²) in [6.45, 7) is -0.546. The van der Waals surface area contributed by atoms with Gasteiger partial charge in [0.25, 0.3) is 0 Å². The van der Waals surface area contributed by atoms with Crippen LogP contribution in [0.1, 0.15) is 2.85 Å². The molecule has 5 nitrogen and oxygen atoms in total. The van der Waals surface area contributed by atoms with Crippen molar-refractivity contribution in [3.63, 3.8) is 0 Å². The fourth-order valence-corrected chi connectivity index (χ4v) is 0.151. The van der Waals surface area contributed by atoms with E-state index >= 15 is 0 Å². The molecule has 0 spiro atoms. The molecule has 1 amide bonds. The Labute approximate surface area is 105 Å². The maximum atomic E-state index is 9.58. The second-order valence-electron chi connectivity index (χ2n) is 1.05. The van der Waals surface area contributed by atoms with Crippen LogP contribution in [0.5, 0.6) is 0 Å². The molecule has 0 aliphatic heterocycles. The van der Waals surface area contributed by atoms with Crippen LogP contribution in [0, 0.1) is 0 Å². The molecule has 0 rings (SSSR count). The second-order valence-corrected chi connectivity index (χ2v) is 1.05. The molecule has 10 heavy (non-hydrogen) atoms. The molecule has 50 valence electrons. The van der Waals surface area contributed by atoms with Gasteiger partial charge in [-0.25, -0.2) is 4.79 Å². The van der Waals surface area contributed by atoms with Gasteiger partial charge < -0.3 is 18.4 Å². The summed E-state index contributed by atoms with van der Waals surface area (Å²) in [7, 11) is 0. The molecule has 0 aromatic heterocycles. The zero-order chi connectivity index (χ0) is 6.57. The Kier molecular flexibility index (Phi) is 16.6. The summed E-state index contributed by atoms with van der Waals surface area (Å²) in [5, 5.41) is 17.3. The number of carboxylic acid groups (broad SMARTS) is 2. The van der Waals surface area contributed by atoms with Crippen molar-refractivity contribution in [1.29, 1.82) is 0 Å². The van der Waals surface area contributed by atoms with Crippen LogP contribution in [-0.4, -0.2) is 28.8 Å². The van der Waals surface area contributed by atoms with Gasteiger partial charge in [-0.1, -0.05) is 0 Å². The largest absolute Gasteiger partial charge is 1.00 e. The SMILES string of the molecule is O=C(O)CNC(=O)O.[H-].[H-].[Na+].[Na+]. The predicted octanol–water partition coefficient (Wildman–Crippen LogP) is -6.43. The Hall–Kier alpha value is 0.740. The van der Waals surface area contributed by atoms with Crippen molar-refractivity contribution in [3.8, 4) is 0 Å². The number of rotatable bonds is 2. The number of hydrogen-bond donors (Lipinski definition) is 3. The summed E-state index contributed by atoms with van der Waals surface area (Å²) in [6.07, 6.45) is -1.33. The molecule has 0 aliphatic carbocycles. The van der Waals surface area contributed by atoms with E-state index in [4.69, 9.17) is 10.2 Å². The summed E-state index contributed by atoms with van der Waals surface area (Å²) >= 11 is 0. The van der Waals surface area contributed by atoms with Crippen LogP contribution < -0.4 is 64.4 Å². The van der Waals surface area contributed by atoms with E-state index in [2.05, 4.69) is 0 Å². The molecule has 0 atom stereocenters. The molecule has 7 heteroatoms. The van der Waals surface area contributed by atoms with E-state index in [-0.39, 0.29) is 62.0 Å². The minimum absolute atomic E-state index is 0. The van der Waals surface area contributed by atoms with Crippen molar-refractivity contribution in [3.05, 3.63) is 0 Å². The van der Waals surface area contributed by atoms with Crippen LogP contribution in [0.2, 0.25) is 0 Å². The van der Waals surface area contributed by atoms with Crippen molar-refractivity contribution >= 4 is 12.1 Å². The molecule has 3 N–H and O–H groups in total. The smallest absolute Gasteiger partial charge is 1.00 e. The minimum atomic E-state index is -1.33. The van der Waals surface area contributed by atoms with Gasteiger partial charge in [-0.15, -0.1) is 0 Å². The Balaban J connectivity index is -0.0000000408. The first-order chi connectivity index (χ1) is 3.63. The third-order valence-corrected chi connectivity index (χ3v) is 0.391. The van der Waals surface area contributed by atoms with E-state index < -0.39 is 18.6 Å². The Morgan fingerprint density at radius 1 is 1.30 bits per heavy atom. The number of hydrogen-bond acceptors (Lipinski definition) is 2. The van der Waals surface area contributed by atoms with Gasteiger partial charge in [0.05, 0.1) is 0 Å². The Bertz CT molecular complexity index is 111. The molecular formula is C3H7NNa2O4. The average Bonchev–Trinajstić information content (AvgIpc) is 1.61. The first-order valence-corrected chi connectivity index (χ1v) is 1.81. The van der Waals surface area contributed by atoms with Crippen molar-refractivity contribution < 1.29 is 81.8 Å². The Morgan fingerprint density at radius 2 is 1.70 bits per heavy atom. The van der Waals surface area contributed by atoms with E-state index in [0.717, 1.165) is 0 Å². The number of carboxylic acids is 1. The standard InChI is InChI=1S/C3H5NO4.2Na.2H/c5-2(6)1-4-3(7)8;;;;/h4H,1H2,(H,5,6)(H,7,8);;;;/q;2*+1;2*-1. The van der Waals surface area contributed by atoms with Crippen LogP contribution in [0.15, 0.2) is 0 Å². The second kappa shape index (κ2) is 9.74. The summed E-state index contributed by atoms with van der Waals surface area (Å²) in [5.74, 6) is -1.19. The van der Waals surface area contributed by atoms with Crippen LogP contribution >= 0.6 is 0 Å². The molecule has 0 aromatic rings. The van der Waals surface area contributed by atoms with E-state index in [1.54, 1.807) is 5.32 Å². The van der Waals surface area contributed by atoms with Gasteiger partial charge in [0, 0.05) is 0 Å². The van der Waals surface area contributed by atoms with Gasteiger partial charge in [0.1, 0.15) is 6.54 Å². The van der Waals surface area contributed by atoms with Gasteiger partial charge in [-0.2, -0.15) is 0 Å². The fourth-order valence-electron chi connectivity index (χ4n) is 0.151. The molecule has 0 fully saturated rings. The minimum Gasteiger partial charge on any atom is -1.00 e. The Morgan fingerprint density at radius 3 is 1.80 bits per heavy atom. The van der Waals surface area contributed by atoms with Crippen LogP contribution in [0.4, 0.5) is 4.79 Å². The number of amides is 1. The van der Waals surface area contributed by atoms with Gasteiger partial charge in [-0.05, 0) is 0 Å². The van der Waals surface area contributed by atoms with E-state index in [1.165, 1.54) is 0 Å². The molecular weight excluding hydrogens is 160 g/mol. The first kappa shape index (κ1) is 17.0. The van der Waals surface area contributed by atoms with Crippen molar-refractivity contribution in [2.75, 3.05) is 6.54 Å². The van der Waals surface area contributed by atoms with E-state index in [0.29, 0.717) is 0 Å². The van der Waals surface area contributed by atoms with Gasteiger partial charge in [0.2, 0.25) is 0 Å². The molecule has 0 aliphatic rings. The topological polar surface area (TPSA) is 86.6 Å². The summed E-state index contributed by atoms with van der Waals surface area (Å²) in [4.78, 5) is 19.1. The van der Waals surface area contributed by atoms with Crippen LogP contribution in [-0.2, 0) is 4.79 Å². The molecule has 0 radical (unpaired) electrons. The van der Waals surface area contributed by atoms with Gasteiger partial charge in [-0.3, -0.25) is 4.79 Å². The monoisotopic (exact) mass is 167 g/mol. The fraction of sp³-hybridized carbons (Fsp3) is 0.333. The molecule has 0 heterocycles. The maximum absolute atomic E-state index is 9.58. The van der Waals surface area contributed by atoms with Crippen LogP contribution in [0.3, 0.4) is 0 Å². The number of aliphatic carboxylic acids is 1. The number of carbonyl (C=O) groups is 2. The summed E-state index contributed by atoms with van der Waals surface area (Å²) in [6, 6.07) is 0. The quantitative estimate of drug-likeness (QED) is 0.357. The van der Waals surface area contributed by atoms with Gasteiger partial charge in [0.15, 0.2) is 0 Å². The molecule has 0 bridgehead atoms. The summed E-state index contributed by atoms with van der Waals surface area (Å²) in [5.41, 5.74) is 0.